The zero-order chi connectivity index (χ0) is 24.9. The van der Waals surface area contributed by atoms with E-state index >= 15 is 0 Å². The maximum atomic E-state index is 12.3. The predicted octanol–water partition coefficient (Wildman–Crippen LogP) is 1.50. The average molecular weight is 470 g/mol. The molecule has 2 aromatic carbocycles. The first-order valence-electron chi connectivity index (χ1n) is 11.1. The third-order valence-electron chi connectivity index (χ3n) is 5.26. The molecule has 1 unspecified atom stereocenters. The van der Waals surface area contributed by atoms with Crippen LogP contribution >= 0.6 is 0 Å². The van der Waals surface area contributed by atoms with Crippen LogP contribution in [0.4, 0.5) is 0 Å². The number of aliphatic carboxylic acids is 2. The second-order valence-corrected chi connectivity index (χ2v) is 8.15. The van der Waals surface area contributed by atoms with Gasteiger partial charge >= 0.3 is 11.9 Å². The van der Waals surface area contributed by atoms with Crippen molar-refractivity contribution in [3.8, 4) is 0 Å². The Morgan fingerprint density at radius 3 is 1.62 bits per heavy atom. The maximum Gasteiger partial charge on any atom is 0.326 e. The van der Waals surface area contributed by atoms with E-state index in [-0.39, 0.29) is 25.7 Å². The summed E-state index contributed by atoms with van der Waals surface area (Å²) in [5.41, 5.74) is 7.57. The van der Waals surface area contributed by atoms with Crippen molar-refractivity contribution in [1.29, 1.82) is 0 Å². The van der Waals surface area contributed by atoms with Crippen molar-refractivity contribution in [2.45, 2.75) is 56.7 Å². The van der Waals surface area contributed by atoms with Crippen LogP contribution in [0.25, 0.3) is 0 Å². The molecule has 182 valence electrons. The molecule has 0 saturated carbocycles. The van der Waals surface area contributed by atoms with Gasteiger partial charge in [0.25, 0.3) is 0 Å². The lowest BCUT2D eigenvalue weighted by Gasteiger charge is -2.17. The molecule has 0 aliphatic rings. The summed E-state index contributed by atoms with van der Waals surface area (Å²) in [5, 5.41) is 23.8. The van der Waals surface area contributed by atoms with E-state index in [0.29, 0.717) is 12.8 Å². The van der Waals surface area contributed by atoms with Gasteiger partial charge in [0, 0.05) is 31.7 Å². The van der Waals surface area contributed by atoms with Gasteiger partial charge in [0.2, 0.25) is 11.8 Å². The average Bonchev–Trinajstić information content (AvgIpc) is 2.79. The topological polar surface area (TPSA) is 159 Å². The van der Waals surface area contributed by atoms with E-state index in [1.807, 2.05) is 12.1 Å². The number of carbonyl (C=O) groups is 4. The zero-order valence-corrected chi connectivity index (χ0v) is 18.9. The number of amides is 2. The molecule has 0 aliphatic carbocycles. The SMILES string of the molecule is NC(CCCC(=O)N[C@@H](Cc1ccccc1)C(=O)O)CC(=O)N[C@@H](Cc1ccccc1)C(=O)O. The molecule has 9 nitrogen and oxygen atoms in total. The van der Waals surface area contributed by atoms with Gasteiger partial charge in [0.15, 0.2) is 0 Å². The zero-order valence-electron chi connectivity index (χ0n) is 18.9. The van der Waals surface area contributed by atoms with Gasteiger partial charge in [0.1, 0.15) is 12.1 Å². The monoisotopic (exact) mass is 469 g/mol. The van der Waals surface area contributed by atoms with Crippen LogP contribution in [0.2, 0.25) is 0 Å². The van der Waals surface area contributed by atoms with Crippen LogP contribution in [0, 0.1) is 0 Å². The van der Waals surface area contributed by atoms with Crippen molar-refractivity contribution in [2.24, 2.45) is 5.73 Å². The molecule has 0 aliphatic heterocycles. The Bertz CT molecular complexity index is 952. The lowest BCUT2D eigenvalue weighted by atomic mass is 10.0. The van der Waals surface area contributed by atoms with Crippen molar-refractivity contribution < 1.29 is 29.4 Å². The standard InChI is InChI=1S/C25H31N3O6/c26-19(16-23(30)28-21(25(33)34)15-18-10-5-2-6-11-18)12-7-13-22(29)27-20(24(31)32)14-17-8-3-1-4-9-17/h1-6,8-11,19-21H,7,12-16,26H2,(H,27,29)(H,28,30)(H,31,32)(H,33,34)/t19?,20-,21-/m0/s1. The molecule has 2 aromatic rings. The van der Waals surface area contributed by atoms with E-state index in [2.05, 4.69) is 10.6 Å². The molecule has 0 heterocycles. The number of rotatable bonds is 14. The van der Waals surface area contributed by atoms with Crippen molar-refractivity contribution in [1.82, 2.24) is 10.6 Å². The Morgan fingerprint density at radius 2 is 1.18 bits per heavy atom. The summed E-state index contributed by atoms with van der Waals surface area (Å²) in [7, 11) is 0. The molecule has 0 spiro atoms. The number of carboxylic acids is 2. The fourth-order valence-corrected chi connectivity index (χ4v) is 3.48. The summed E-state index contributed by atoms with van der Waals surface area (Å²) in [6, 6.07) is 15.3. The van der Waals surface area contributed by atoms with Crippen LogP contribution in [-0.4, -0.2) is 52.1 Å². The van der Waals surface area contributed by atoms with Gasteiger partial charge in [0.05, 0.1) is 0 Å². The first-order valence-corrected chi connectivity index (χ1v) is 11.1. The molecule has 34 heavy (non-hydrogen) atoms. The second kappa shape index (κ2) is 13.7. The van der Waals surface area contributed by atoms with Crippen molar-refractivity contribution >= 4 is 23.8 Å². The molecule has 0 aromatic heterocycles. The molecule has 3 atom stereocenters. The molecule has 2 rings (SSSR count). The summed E-state index contributed by atoms with van der Waals surface area (Å²) in [5.74, 6) is -3.14. The van der Waals surface area contributed by atoms with E-state index in [4.69, 9.17) is 5.73 Å². The minimum atomic E-state index is -1.13. The molecule has 2 amide bonds. The Morgan fingerprint density at radius 1 is 0.735 bits per heavy atom. The minimum absolute atomic E-state index is 0.0691. The molecule has 0 bridgehead atoms. The number of nitrogens with one attached hydrogen (secondary N) is 2. The lowest BCUT2D eigenvalue weighted by molar-refractivity contribution is -0.142. The van der Waals surface area contributed by atoms with Gasteiger partial charge in [-0.05, 0) is 24.0 Å². The summed E-state index contributed by atoms with van der Waals surface area (Å²) in [6.45, 7) is 0. The van der Waals surface area contributed by atoms with Crippen LogP contribution in [0.5, 0.6) is 0 Å². The molecule has 0 radical (unpaired) electrons. The van der Waals surface area contributed by atoms with Gasteiger partial charge in [-0.25, -0.2) is 9.59 Å². The van der Waals surface area contributed by atoms with Gasteiger partial charge < -0.3 is 26.6 Å². The molecular weight excluding hydrogens is 438 g/mol. The summed E-state index contributed by atoms with van der Waals surface area (Å²) in [6.07, 6.45) is 1.05. The van der Waals surface area contributed by atoms with Crippen LogP contribution in [0.3, 0.4) is 0 Å². The molecule has 0 saturated heterocycles. The summed E-state index contributed by atoms with van der Waals surface area (Å²) >= 11 is 0. The highest BCUT2D eigenvalue weighted by atomic mass is 16.4. The van der Waals surface area contributed by atoms with Crippen LogP contribution in [0.1, 0.15) is 36.8 Å². The largest absolute Gasteiger partial charge is 0.480 e. The van der Waals surface area contributed by atoms with Gasteiger partial charge in [-0.3, -0.25) is 9.59 Å². The Hall–Kier alpha value is -3.72. The van der Waals surface area contributed by atoms with E-state index in [0.717, 1.165) is 11.1 Å². The van der Waals surface area contributed by atoms with Crippen molar-refractivity contribution in [3.05, 3.63) is 71.8 Å². The predicted molar refractivity (Wildman–Crippen MR) is 126 cm³/mol. The fourth-order valence-electron chi connectivity index (χ4n) is 3.48. The van der Waals surface area contributed by atoms with E-state index in [1.54, 1.807) is 48.5 Å². The van der Waals surface area contributed by atoms with Gasteiger partial charge in [-0.1, -0.05) is 60.7 Å². The number of benzene rings is 2. The van der Waals surface area contributed by atoms with E-state index in [9.17, 15) is 29.4 Å². The number of hydrogen-bond donors (Lipinski definition) is 5. The maximum absolute atomic E-state index is 12.3. The molecule has 0 fully saturated rings. The third-order valence-corrected chi connectivity index (χ3v) is 5.26. The highest BCUT2D eigenvalue weighted by Gasteiger charge is 2.22. The first-order chi connectivity index (χ1) is 16.2. The number of hydrogen-bond acceptors (Lipinski definition) is 5. The number of carboxylic acid groups (broad SMARTS) is 2. The minimum Gasteiger partial charge on any atom is -0.480 e. The van der Waals surface area contributed by atoms with Crippen LogP contribution < -0.4 is 16.4 Å². The van der Waals surface area contributed by atoms with Crippen LogP contribution in [-0.2, 0) is 32.0 Å². The molecule has 6 N–H and O–H groups in total. The van der Waals surface area contributed by atoms with Gasteiger partial charge in [-0.2, -0.15) is 0 Å². The van der Waals surface area contributed by atoms with E-state index in [1.165, 1.54) is 0 Å². The quantitative estimate of drug-likeness (QED) is 0.280. The fraction of sp³-hybridized carbons (Fsp3) is 0.360. The van der Waals surface area contributed by atoms with Gasteiger partial charge in [-0.15, -0.1) is 0 Å². The highest BCUT2D eigenvalue weighted by Crippen LogP contribution is 2.08. The van der Waals surface area contributed by atoms with Crippen LogP contribution in [0.15, 0.2) is 60.7 Å². The third kappa shape index (κ3) is 9.83. The van der Waals surface area contributed by atoms with E-state index < -0.39 is 41.9 Å². The highest BCUT2D eigenvalue weighted by molar-refractivity contribution is 5.84. The second-order valence-electron chi connectivity index (χ2n) is 8.15. The number of nitrogens with two attached hydrogens (primary N) is 1. The molecule has 9 heteroatoms. The Kier molecular flexibility index (Phi) is 10.7. The molecular formula is C25H31N3O6. The first kappa shape index (κ1) is 26.5. The summed E-state index contributed by atoms with van der Waals surface area (Å²) in [4.78, 5) is 47.4. The summed E-state index contributed by atoms with van der Waals surface area (Å²) < 4.78 is 0. The number of carbonyl (C=O) groups excluding carboxylic acids is 2. The Balaban J connectivity index is 1.73. The van der Waals surface area contributed by atoms with Crippen molar-refractivity contribution in [3.63, 3.8) is 0 Å². The van der Waals surface area contributed by atoms with Crippen molar-refractivity contribution in [2.75, 3.05) is 0 Å². The Labute approximate surface area is 198 Å². The lowest BCUT2D eigenvalue weighted by Crippen LogP contribution is -2.44. The smallest absolute Gasteiger partial charge is 0.326 e. The normalized spacial score (nSPS) is 13.3.